The first kappa shape index (κ1) is 19.2. The van der Waals surface area contributed by atoms with E-state index in [2.05, 4.69) is 15.4 Å². The molecule has 1 amide bonds. The van der Waals surface area contributed by atoms with Gasteiger partial charge in [0.2, 0.25) is 11.7 Å². The highest BCUT2D eigenvalue weighted by atomic mass is 16.5. The predicted molar refractivity (Wildman–Crippen MR) is 104 cm³/mol. The molecule has 3 aromatic rings. The van der Waals surface area contributed by atoms with Gasteiger partial charge in [-0.15, -0.1) is 0 Å². The topological polar surface area (TPSA) is 87.5 Å². The Labute approximate surface area is 163 Å². The fraction of sp³-hybridized carbons (Fsp3) is 0.250. The van der Waals surface area contributed by atoms with Crippen LogP contribution in [0.2, 0.25) is 0 Å². The maximum Gasteiger partial charge on any atom is 0.224 e. The van der Waals surface area contributed by atoms with Gasteiger partial charge < -0.3 is 19.5 Å². The fourth-order valence-corrected chi connectivity index (χ4v) is 2.86. The van der Waals surface area contributed by atoms with E-state index in [1.165, 1.54) is 6.33 Å². The maximum absolute atomic E-state index is 12.5. The highest BCUT2D eigenvalue weighted by molar-refractivity contribution is 5.92. The minimum absolute atomic E-state index is 0.110. The molecule has 0 aliphatic carbocycles. The summed E-state index contributed by atoms with van der Waals surface area (Å²) in [7, 11) is 4.68. The number of amides is 1. The molecule has 0 saturated carbocycles. The zero-order valence-corrected chi connectivity index (χ0v) is 16.0. The Morgan fingerprint density at radius 1 is 1.07 bits per heavy atom. The van der Waals surface area contributed by atoms with E-state index in [0.717, 1.165) is 11.3 Å². The van der Waals surface area contributed by atoms with Gasteiger partial charge in [-0.05, 0) is 36.2 Å². The van der Waals surface area contributed by atoms with Gasteiger partial charge in [-0.3, -0.25) is 4.79 Å². The van der Waals surface area contributed by atoms with Gasteiger partial charge in [-0.2, -0.15) is 5.10 Å². The third-order valence-electron chi connectivity index (χ3n) is 4.21. The van der Waals surface area contributed by atoms with Crippen molar-refractivity contribution in [3.05, 3.63) is 54.6 Å². The summed E-state index contributed by atoms with van der Waals surface area (Å²) in [6.07, 6.45) is 3.85. The summed E-state index contributed by atoms with van der Waals surface area (Å²) in [6, 6.07) is 11.1. The minimum atomic E-state index is -0.110. The molecule has 0 unspecified atom stereocenters. The van der Waals surface area contributed by atoms with Crippen LogP contribution in [-0.4, -0.2) is 42.0 Å². The molecule has 0 bridgehead atoms. The number of anilines is 1. The summed E-state index contributed by atoms with van der Waals surface area (Å²) in [4.78, 5) is 16.4. The summed E-state index contributed by atoms with van der Waals surface area (Å²) < 4.78 is 17.6. The Balaban J connectivity index is 1.71. The summed E-state index contributed by atoms with van der Waals surface area (Å²) in [5.41, 5.74) is 2.33. The Kier molecular flexibility index (Phi) is 6.11. The van der Waals surface area contributed by atoms with Crippen molar-refractivity contribution in [3.8, 4) is 22.9 Å². The van der Waals surface area contributed by atoms with E-state index in [1.807, 2.05) is 36.4 Å². The Hall–Kier alpha value is -3.55. The van der Waals surface area contributed by atoms with Gasteiger partial charge in [0.1, 0.15) is 12.7 Å². The standard InChI is InChI=1S/C20H22N4O4/c1-26-17-10-14(11-18(27-2)20(17)28-3)8-9-19(25)23-15-6-4-5-7-16(15)24-13-21-12-22-24/h4-7,10-13H,8-9H2,1-3H3,(H,23,25). The van der Waals surface area contributed by atoms with Gasteiger partial charge in [0.15, 0.2) is 11.5 Å². The molecule has 0 saturated heterocycles. The molecule has 0 radical (unpaired) electrons. The Morgan fingerprint density at radius 3 is 2.39 bits per heavy atom. The zero-order valence-electron chi connectivity index (χ0n) is 16.0. The predicted octanol–water partition coefficient (Wildman–Crippen LogP) is 2.86. The second-order valence-electron chi connectivity index (χ2n) is 5.94. The van der Waals surface area contributed by atoms with Crippen LogP contribution in [0.4, 0.5) is 5.69 Å². The van der Waals surface area contributed by atoms with Crippen molar-refractivity contribution in [2.24, 2.45) is 0 Å². The van der Waals surface area contributed by atoms with E-state index in [0.29, 0.717) is 35.8 Å². The van der Waals surface area contributed by atoms with Crippen LogP contribution in [0, 0.1) is 0 Å². The number of aromatic nitrogens is 3. The molecule has 2 aromatic carbocycles. The number of benzene rings is 2. The van der Waals surface area contributed by atoms with Crippen LogP contribution in [0.25, 0.3) is 5.69 Å². The number of para-hydroxylation sites is 2. The van der Waals surface area contributed by atoms with E-state index in [4.69, 9.17) is 14.2 Å². The van der Waals surface area contributed by atoms with E-state index in [-0.39, 0.29) is 5.91 Å². The lowest BCUT2D eigenvalue weighted by atomic mass is 10.1. The van der Waals surface area contributed by atoms with Crippen molar-refractivity contribution in [3.63, 3.8) is 0 Å². The van der Waals surface area contributed by atoms with Gasteiger partial charge in [-0.25, -0.2) is 9.67 Å². The van der Waals surface area contributed by atoms with E-state index in [1.54, 1.807) is 32.3 Å². The minimum Gasteiger partial charge on any atom is -0.493 e. The largest absolute Gasteiger partial charge is 0.493 e. The van der Waals surface area contributed by atoms with Crippen LogP contribution in [0.5, 0.6) is 17.2 Å². The van der Waals surface area contributed by atoms with Crippen LogP contribution in [0.15, 0.2) is 49.1 Å². The molecule has 0 atom stereocenters. The molecule has 0 aliphatic heterocycles. The lowest BCUT2D eigenvalue weighted by Crippen LogP contribution is -2.14. The number of methoxy groups -OCH3 is 3. The van der Waals surface area contributed by atoms with E-state index in [9.17, 15) is 4.79 Å². The fourth-order valence-electron chi connectivity index (χ4n) is 2.86. The van der Waals surface area contributed by atoms with Crippen molar-refractivity contribution in [2.75, 3.05) is 26.6 Å². The number of aryl methyl sites for hydroxylation is 1. The third-order valence-corrected chi connectivity index (χ3v) is 4.21. The zero-order chi connectivity index (χ0) is 19.9. The quantitative estimate of drug-likeness (QED) is 0.645. The molecule has 3 rings (SSSR count). The van der Waals surface area contributed by atoms with Gasteiger partial charge in [-0.1, -0.05) is 12.1 Å². The lowest BCUT2D eigenvalue weighted by molar-refractivity contribution is -0.116. The van der Waals surface area contributed by atoms with Crippen LogP contribution >= 0.6 is 0 Å². The first-order valence-corrected chi connectivity index (χ1v) is 8.69. The van der Waals surface area contributed by atoms with E-state index >= 15 is 0 Å². The second-order valence-corrected chi connectivity index (χ2v) is 5.94. The number of rotatable bonds is 8. The van der Waals surface area contributed by atoms with Gasteiger partial charge >= 0.3 is 0 Å². The number of carbonyl (C=O) groups is 1. The van der Waals surface area contributed by atoms with Crippen molar-refractivity contribution in [1.82, 2.24) is 14.8 Å². The van der Waals surface area contributed by atoms with Gasteiger partial charge in [0.25, 0.3) is 0 Å². The number of carbonyl (C=O) groups excluding carboxylic acids is 1. The maximum atomic E-state index is 12.5. The monoisotopic (exact) mass is 382 g/mol. The second kappa shape index (κ2) is 8.90. The summed E-state index contributed by atoms with van der Waals surface area (Å²) in [5.74, 6) is 1.55. The number of ether oxygens (including phenoxy) is 3. The van der Waals surface area contributed by atoms with Crippen LogP contribution in [-0.2, 0) is 11.2 Å². The number of hydrogen-bond donors (Lipinski definition) is 1. The number of nitrogens with zero attached hydrogens (tertiary/aromatic N) is 3. The first-order valence-electron chi connectivity index (χ1n) is 8.69. The number of nitrogens with one attached hydrogen (secondary N) is 1. The molecular formula is C20H22N4O4. The average Bonchev–Trinajstić information content (AvgIpc) is 3.26. The highest BCUT2D eigenvalue weighted by Crippen LogP contribution is 2.38. The Bertz CT molecular complexity index is 916. The SMILES string of the molecule is COc1cc(CCC(=O)Nc2ccccc2-n2cncn2)cc(OC)c1OC. The van der Waals surface area contributed by atoms with Gasteiger partial charge in [0, 0.05) is 6.42 Å². The normalized spacial score (nSPS) is 10.4. The third kappa shape index (κ3) is 4.22. The molecule has 0 fully saturated rings. The van der Waals surface area contributed by atoms with Gasteiger partial charge in [0.05, 0.1) is 32.7 Å². The Morgan fingerprint density at radius 2 is 1.79 bits per heavy atom. The summed E-state index contributed by atoms with van der Waals surface area (Å²) in [6.45, 7) is 0. The van der Waals surface area contributed by atoms with Crippen molar-refractivity contribution in [1.29, 1.82) is 0 Å². The molecule has 1 N–H and O–H groups in total. The smallest absolute Gasteiger partial charge is 0.224 e. The molecule has 28 heavy (non-hydrogen) atoms. The van der Waals surface area contributed by atoms with Crippen LogP contribution in [0.3, 0.4) is 0 Å². The average molecular weight is 382 g/mol. The number of hydrogen-bond acceptors (Lipinski definition) is 6. The molecule has 1 heterocycles. The molecule has 146 valence electrons. The summed E-state index contributed by atoms with van der Waals surface area (Å²) >= 11 is 0. The molecule has 0 spiro atoms. The van der Waals surface area contributed by atoms with Crippen LogP contribution < -0.4 is 19.5 Å². The van der Waals surface area contributed by atoms with Crippen molar-refractivity contribution >= 4 is 11.6 Å². The van der Waals surface area contributed by atoms with Crippen molar-refractivity contribution < 1.29 is 19.0 Å². The van der Waals surface area contributed by atoms with E-state index < -0.39 is 0 Å². The van der Waals surface area contributed by atoms with Crippen LogP contribution in [0.1, 0.15) is 12.0 Å². The first-order chi connectivity index (χ1) is 13.7. The van der Waals surface area contributed by atoms with Crippen molar-refractivity contribution in [2.45, 2.75) is 12.8 Å². The molecule has 0 aliphatic rings. The lowest BCUT2D eigenvalue weighted by Gasteiger charge is -2.14. The molecule has 8 heteroatoms. The molecule has 8 nitrogen and oxygen atoms in total. The molecule has 1 aromatic heterocycles. The highest BCUT2D eigenvalue weighted by Gasteiger charge is 2.14. The molecular weight excluding hydrogens is 360 g/mol. The summed E-state index contributed by atoms with van der Waals surface area (Å²) in [5, 5.41) is 7.05.